The molecule has 0 atom stereocenters. The van der Waals surface area contributed by atoms with Crippen molar-refractivity contribution in [1.29, 1.82) is 0 Å². The summed E-state index contributed by atoms with van der Waals surface area (Å²) in [6.07, 6.45) is 2.57. The number of rotatable bonds is 8. The monoisotopic (exact) mass is 1070 g/mol. The average molecular weight is 1070 g/mol. The van der Waals surface area contributed by atoms with Crippen LogP contribution >= 0.6 is 0 Å². The van der Waals surface area contributed by atoms with Gasteiger partial charge in [-0.25, -0.2) is 26.8 Å². The van der Waals surface area contributed by atoms with Crippen molar-refractivity contribution in [1.82, 2.24) is 71.2 Å². The summed E-state index contributed by atoms with van der Waals surface area (Å²) in [6, 6.07) is 16.5. The van der Waals surface area contributed by atoms with Crippen molar-refractivity contribution in [2.45, 2.75) is 9.79 Å². The Morgan fingerprint density at radius 2 is 0.581 bits per heavy atom. The molecule has 10 N–H and O–H groups in total. The fraction of sp³-hybridized carbons (Fsp3) is 0. The molecule has 9 rings (SSSR count). The zero-order chi connectivity index (χ0) is 52.1. The van der Waals surface area contributed by atoms with E-state index in [1.54, 1.807) is 12.1 Å². The molecule has 34 heteroatoms. The quantitative estimate of drug-likeness (QED) is 0.0389. The summed E-state index contributed by atoms with van der Waals surface area (Å²) in [4.78, 5) is 6.30. The zero-order valence-corrected chi connectivity index (χ0v) is 42.9. The normalized spacial score (nSPS) is 10.8. The van der Waals surface area contributed by atoms with Crippen molar-refractivity contribution in [2.75, 3.05) is 0 Å². The van der Waals surface area contributed by atoms with Crippen LogP contribution in [0.15, 0.2) is 107 Å². The molecular formula is C40H26N14Na2O16S2. The maximum Gasteiger partial charge on any atom is 1.00 e. The summed E-state index contributed by atoms with van der Waals surface area (Å²) in [5, 5.41) is 140. The van der Waals surface area contributed by atoms with Crippen LogP contribution in [0.2, 0.25) is 0 Å². The van der Waals surface area contributed by atoms with E-state index < -0.39 is 76.0 Å². The van der Waals surface area contributed by atoms with E-state index in [1.165, 1.54) is 36.7 Å². The van der Waals surface area contributed by atoms with E-state index in [0.29, 0.717) is 11.4 Å². The number of phenols is 8. The molecule has 0 radical (unpaired) electrons. The van der Waals surface area contributed by atoms with Crippen molar-refractivity contribution in [2.24, 2.45) is 0 Å². The molecule has 5 heterocycles. The van der Waals surface area contributed by atoms with E-state index in [4.69, 9.17) is 10.2 Å². The Hall–Kier alpha value is -8.18. The zero-order valence-electron chi connectivity index (χ0n) is 37.2. The molecule has 0 unspecified atom stereocenters. The van der Waals surface area contributed by atoms with Gasteiger partial charge in [-0.15, -0.1) is 61.2 Å². The van der Waals surface area contributed by atoms with Crippen LogP contribution < -0.4 is 59.1 Å². The van der Waals surface area contributed by atoms with Crippen LogP contribution in [0.1, 0.15) is 0 Å². The van der Waals surface area contributed by atoms with Crippen molar-refractivity contribution in [3.8, 4) is 126 Å². The maximum atomic E-state index is 11.0. The average Bonchev–Trinajstić information content (AvgIpc) is 3.35. The summed E-state index contributed by atoms with van der Waals surface area (Å²) in [7, 11) is -9.71. The maximum absolute atomic E-state index is 11.0. The van der Waals surface area contributed by atoms with Gasteiger partial charge in [0.1, 0.15) is 54.6 Å². The molecule has 0 spiro atoms. The number of pyridine rings is 2. The molecule has 366 valence electrons. The predicted octanol–water partition coefficient (Wildman–Crippen LogP) is -4.54. The van der Waals surface area contributed by atoms with Crippen LogP contribution in [0, 0.1) is 0 Å². The van der Waals surface area contributed by atoms with Crippen molar-refractivity contribution < 1.29 is 136 Å². The van der Waals surface area contributed by atoms with Gasteiger partial charge in [0, 0.05) is 22.3 Å². The Morgan fingerprint density at radius 3 is 0.824 bits per heavy atom. The molecular weight excluding hydrogens is 1040 g/mol. The smallest absolute Gasteiger partial charge is 0.744 e. The number of aromatic nitrogens is 14. The minimum absolute atomic E-state index is 0. The first kappa shape index (κ1) is 56.7. The van der Waals surface area contributed by atoms with E-state index in [2.05, 4.69) is 71.2 Å². The number of hydrogen-bond acceptors (Lipinski definition) is 30. The third-order valence-corrected chi connectivity index (χ3v) is 10.8. The van der Waals surface area contributed by atoms with Crippen LogP contribution in [-0.4, -0.2) is 148 Å². The Kier molecular flexibility index (Phi) is 18.1. The molecule has 0 aliphatic rings. The number of nitrogens with zero attached hydrogens (tertiary/aromatic N) is 14. The number of hydrogen-bond donors (Lipinski definition) is 10. The molecule has 0 saturated heterocycles. The van der Waals surface area contributed by atoms with Crippen molar-refractivity contribution >= 4 is 20.2 Å². The topological polar surface area (TPSA) is 497 Å². The number of phenolic OH excluding ortho intramolecular Hbond substituents is 8. The molecule has 0 amide bonds. The van der Waals surface area contributed by atoms with E-state index >= 15 is 0 Å². The van der Waals surface area contributed by atoms with Gasteiger partial charge in [0.05, 0.1) is 22.2 Å². The van der Waals surface area contributed by atoms with Gasteiger partial charge in [-0.05, 0) is 84.9 Å². The van der Waals surface area contributed by atoms with Crippen molar-refractivity contribution in [3.05, 3.63) is 97.3 Å². The van der Waals surface area contributed by atoms with Gasteiger partial charge in [-0.3, -0.25) is 0 Å². The SMILES string of the molecule is O=S(=O)([O-])c1ccc(-c2nnc(-c3ccc(S(=O)(=O)[O-])c(O)c3)nn2)cc1O.Oc1cc(-c2nnc(-c3cc(O)c(O)c(O)c3)nn2)cc(O)c1O.Oc1ccc(-c2nnc(-c3ccc(O)cn3)nn2)nc1.[Na+].[Na+]. The standard InChI is InChI=1S/C14H10N4O8S2.C14H10N4O6.C12H8N6O2.2Na/c19-9-5-7(1-3-11(9)27(21,22)23)13-15-17-14(18-16-13)8-2-4-12(10(20)6-8)28(24,25)26;19-7-1-5(2-8(20)11(7)23)13-15-17-14(18-16-13)6-3-9(21)12(24)10(22)4-6;19-7-1-3-9(13-5-7)11-15-17-12(18-16-11)10-4-2-8(20)6-14-10;;/h1-6,19-20H,(H,21,22,23)(H,24,25,26);1-4,19-24H;1-6,19-20H;;/q;;;2*+1/p-2. The van der Waals surface area contributed by atoms with E-state index in [1.807, 2.05) is 0 Å². The third kappa shape index (κ3) is 13.7. The second-order valence-corrected chi connectivity index (χ2v) is 16.6. The fourth-order valence-electron chi connectivity index (χ4n) is 5.59. The number of aromatic hydroxyl groups is 10. The van der Waals surface area contributed by atoms with Crippen molar-refractivity contribution in [3.63, 3.8) is 0 Å². The Balaban J connectivity index is 0.000000205. The summed E-state index contributed by atoms with van der Waals surface area (Å²) >= 11 is 0. The molecule has 4 aromatic carbocycles. The van der Waals surface area contributed by atoms with Gasteiger partial charge in [-0.1, -0.05) is 0 Å². The van der Waals surface area contributed by atoms with Gasteiger partial charge in [0.15, 0.2) is 34.5 Å². The molecule has 9 aromatic rings. The fourth-order valence-corrected chi connectivity index (χ4v) is 6.69. The summed E-state index contributed by atoms with van der Waals surface area (Å²) in [5.74, 6) is -4.91. The largest absolute Gasteiger partial charge is 1.00 e. The summed E-state index contributed by atoms with van der Waals surface area (Å²) in [5.41, 5.74) is 1.46. The van der Waals surface area contributed by atoms with Crippen LogP contribution in [0.25, 0.3) is 68.6 Å². The van der Waals surface area contributed by atoms with Crippen LogP contribution in [0.5, 0.6) is 57.5 Å². The molecule has 5 aromatic heterocycles. The van der Waals surface area contributed by atoms with Gasteiger partial charge in [0.2, 0.25) is 34.9 Å². The molecule has 0 fully saturated rings. The molecule has 30 nitrogen and oxygen atoms in total. The van der Waals surface area contributed by atoms with Crippen LogP contribution in [0.4, 0.5) is 0 Å². The van der Waals surface area contributed by atoms with Gasteiger partial charge in [-0.2, -0.15) is 0 Å². The number of benzene rings is 4. The van der Waals surface area contributed by atoms with Gasteiger partial charge in [0.25, 0.3) is 0 Å². The Bertz CT molecular complexity index is 3410. The minimum Gasteiger partial charge on any atom is -0.744 e. The first-order valence-corrected chi connectivity index (χ1v) is 22.0. The second kappa shape index (κ2) is 23.6. The Morgan fingerprint density at radius 1 is 0.324 bits per heavy atom. The van der Waals surface area contributed by atoms with Gasteiger partial charge < -0.3 is 60.2 Å². The van der Waals surface area contributed by atoms with Crippen LogP contribution in [0.3, 0.4) is 0 Å². The molecule has 0 saturated carbocycles. The predicted molar refractivity (Wildman–Crippen MR) is 234 cm³/mol. The summed E-state index contributed by atoms with van der Waals surface area (Å²) in [6.45, 7) is 0. The first-order chi connectivity index (χ1) is 34.0. The molecule has 0 aliphatic carbocycles. The second-order valence-electron chi connectivity index (χ2n) is 13.9. The minimum atomic E-state index is -4.85. The molecule has 74 heavy (non-hydrogen) atoms. The van der Waals surface area contributed by atoms with Crippen LogP contribution in [-0.2, 0) is 20.2 Å². The molecule has 0 aliphatic heterocycles. The van der Waals surface area contributed by atoms with E-state index in [-0.39, 0.29) is 128 Å². The first-order valence-electron chi connectivity index (χ1n) is 19.2. The molecule has 0 bridgehead atoms. The van der Waals surface area contributed by atoms with E-state index in [0.717, 1.165) is 48.5 Å². The Labute approximate surface area is 457 Å². The van der Waals surface area contributed by atoms with Gasteiger partial charge >= 0.3 is 59.1 Å². The summed E-state index contributed by atoms with van der Waals surface area (Å²) < 4.78 is 65.8. The van der Waals surface area contributed by atoms with E-state index in [9.17, 15) is 66.8 Å². The third-order valence-electron chi connectivity index (χ3n) is 9.02.